The molecule has 0 bridgehead atoms. The molecule has 0 spiro atoms. The van der Waals surface area contributed by atoms with Gasteiger partial charge in [-0.2, -0.15) is 0 Å². The highest BCUT2D eigenvalue weighted by molar-refractivity contribution is 6.30. The van der Waals surface area contributed by atoms with Crippen LogP contribution in [0.1, 0.15) is 58.4 Å². The van der Waals surface area contributed by atoms with E-state index in [1.165, 1.54) is 0 Å². The second-order valence-electron chi connectivity index (χ2n) is 8.01. The lowest BCUT2D eigenvalue weighted by Gasteiger charge is -2.46. The predicted octanol–water partition coefficient (Wildman–Crippen LogP) is 4.06. The highest BCUT2D eigenvalue weighted by atomic mass is 35.5. The van der Waals surface area contributed by atoms with E-state index in [2.05, 4.69) is 0 Å². The first-order chi connectivity index (χ1) is 12.2. The van der Waals surface area contributed by atoms with Crippen LogP contribution < -0.4 is 5.73 Å². The van der Waals surface area contributed by atoms with Crippen LogP contribution in [0.5, 0.6) is 0 Å². The summed E-state index contributed by atoms with van der Waals surface area (Å²) in [5.41, 5.74) is 4.64. The van der Waals surface area contributed by atoms with Gasteiger partial charge in [-0.1, -0.05) is 23.7 Å². The molecule has 5 nitrogen and oxygen atoms in total. The van der Waals surface area contributed by atoms with Gasteiger partial charge in [0.1, 0.15) is 11.2 Å². The van der Waals surface area contributed by atoms with E-state index < -0.39 is 11.2 Å². The van der Waals surface area contributed by atoms with E-state index in [9.17, 15) is 9.90 Å². The second kappa shape index (κ2) is 8.59. The summed E-state index contributed by atoms with van der Waals surface area (Å²) in [5.74, 6) is 0. The van der Waals surface area contributed by atoms with Crippen LogP contribution in [0.4, 0.5) is 4.79 Å². The van der Waals surface area contributed by atoms with E-state index >= 15 is 0 Å². The summed E-state index contributed by atoms with van der Waals surface area (Å²) in [6.45, 7) is 6.59. The lowest BCUT2D eigenvalue weighted by molar-refractivity contribution is -0.0784. The molecule has 1 aliphatic rings. The number of carbonyl (C=O) groups is 1. The molecule has 2 atom stereocenters. The maximum absolute atomic E-state index is 12.8. The van der Waals surface area contributed by atoms with Crippen molar-refractivity contribution in [2.45, 2.75) is 70.1 Å². The maximum atomic E-state index is 12.8. The van der Waals surface area contributed by atoms with Crippen molar-refractivity contribution in [1.82, 2.24) is 4.90 Å². The maximum Gasteiger partial charge on any atom is 0.410 e. The Bertz CT molecular complexity index is 617. The minimum Gasteiger partial charge on any atom is -0.444 e. The van der Waals surface area contributed by atoms with Crippen LogP contribution in [0.15, 0.2) is 24.3 Å². The number of amides is 1. The van der Waals surface area contributed by atoms with Gasteiger partial charge in [0.2, 0.25) is 0 Å². The third kappa shape index (κ3) is 5.12. The Hall–Kier alpha value is -1.30. The van der Waals surface area contributed by atoms with Gasteiger partial charge >= 0.3 is 6.09 Å². The summed E-state index contributed by atoms with van der Waals surface area (Å²) in [7, 11) is 0. The number of nitrogens with zero attached hydrogens (tertiary/aromatic N) is 1. The summed E-state index contributed by atoms with van der Waals surface area (Å²) in [4.78, 5) is 14.5. The van der Waals surface area contributed by atoms with Crippen LogP contribution in [-0.2, 0) is 10.3 Å². The van der Waals surface area contributed by atoms with Gasteiger partial charge in [0.15, 0.2) is 0 Å². The SMILES string of the molecule is CC(C)(C)OC(=O)N1CCCC[C@@H]1[C@](O)(CCCN)c1cccc(Cl)c1. The first-order valence-corrected chi connectivity index (χ1v) is 9.73. The molecular formula is C20H31ClN2O3. The molecule has 0 aromatic heterocycles. The zero-order chi connectivity index (χ0) is 19.4. The van der Waals surface area contributed by atoms with E-state index in [1.54, 1.807) is 17.0 Å². The number of rotatable bonds is 5. The number of carbonyl (C=O) groups excluding carboxylic acids is 1. The summed E-state index contributed by atoms with van der Waals surface area (Å²) >= 11 is 6.17. The average Bonchev–Trinajstić information content (AvgIpc) is 2.58. The van der Waals surface area contributed by atoms with Crippen LogP contribution in [0.3, 0.4) is 0 Å². The van der Waals surface area contributed by atoms with Crippen LogP contribution in [0, 0.1) is 0 Å². The Balaban J connectivity index is 2.38. The fourth-order valence-corrected chi connectivity index (χ4v) is 3.79. The Kier molecular flexibility index (Phi) is 6.94. The molecule has 26 heavy (non-hydrogen) atoms. The van der Waals surface area contributed by atoms with Gasteiger partial charge in [-0.25, -0.2) is 4.79 Å². The number of ether oxygens (including phenoxy) is 1. The lowest BCUT2D eigenvalue weighted by Crippen LogP contribution is -2.56. The summed E-state index contributed by atoms with van der Waals surface area (Å²) in [6.07, 6.45) is 3.31. The Labute approximate surface area is 161 Å². The standard InChI is InChI=1S/C20H31ClN2O3/c1-19(2,3)26-18(24)23-13-5-4-10-17(23)20(25,11-7-12-22)15-8-6-9-16(21)14-15/h6,8-9,14,17,25H,4-5,7,10-13,22H2,1-3H3/t17-,20+/m1/s1. The predicted molar refractivity (Wildman–Crippen MR) is 104 cm³/mol. The van der Waals surface area contributed by atoms with Gasteiger partial charge in [-0.05, 0) is 77.1 Å². The van der Waals surface area contributed by atoms with Crippen molar-refractivity contribution in [1.29, 1.82) is 0 Å². The van der Waals surface area contributed by atoms with Crippen molar-refractivity contribution in [2.24, 2.45) is 5.73 Å². The molecule has 1 saturated heterocycles. The van der Waals surface area contributed by atoms with Gasteiger partial charge < -0.3 is 20.5 Å². The molecule has 146 valence electrons. The number of likely N-dealkylation sites (tertiary alicyclic amines) is 1. The summed E-state index contributed by atoms with van der Waals surface area (Å²) < 4.78 is 5.59. The van der Waals surface area contributed by atoms with Gasteiger partial charge in [-0.15, -0.1) is 0 Å². The fourth-order valence-electron chi connectivity index (χ4n) is 3.60. The third-order valence-electron chi connectivity index (χ3n) is 4.77. The van der Waals surface area contributed by atoms with E-state index in [1.807, 2.05) is 32.9 Å². The number of piperidine rings is 1. The van der Waals surface area contributed by atoms with Crippen molar-refractivity contribution in [3.05, 3.63) is 34.9 Å². The molecule has 0 unspecified atom stereocenters. The molecule has 1 fully saturated rings. The first kappa shape index (κ1) is 21.0. The van der Waals surface area contributed by atoms with E-state index in [-0.39, 0.29) is 12.1 Å². The zero-order valence-electron chi connectivity index (χ0n) is 16.0. The number of aliphatic hydroxyl groups is 1. The average molecular weight is 383 g/mol. The Morgan fingerprint density at radius 3 is 2.73 bits per heavy atom. The molecular weight excluding hydrogens is 352 g/mol. The zero-order valence-corrected chi connectivity index (χ0v) is 16.8. The van der Waals surface area contributed by atoms with Crippen molar-refractivity contribution in [3.8, 4) is 0 Å². The monoisotopic (exact) mass is 382 g/mol. The molecule has 0 saturated carbocycles. The van der Waals surface area contributed by atoms with Crippen LogP contribution in [-0.4, -0.2) is 40.8 Å². The number of hydrogen-bond acceptors (Lipinski definition) is 4. The quantitative estimate of drug-likeness (QED) is 0.805. The molecule has 1 heterocycles. The minimum atomic E-state index is -1.21. The summed E-state index contributed by atoms with van der Waals surface area (Å²) in [5, 5.41) is 12.3. The van der Waals surface area contributed by atoms with Crippen LogP contribution in [0.2, 0.25) is 5.02 Å². The second-order valence-corrected chi connectivity index (χ2v) is 8.45. The van der Waals surface area contributed by atoms with Gasteiger partial charge in [0, 0.05) is 11.6 Å². The first-order valence-electron chi connectivity index (χ1n) is 9.35. The highest BCUT2D eigenvalue weighted by Gasteiger charge is 2.45. The molecule has 1 aromatic carbocycles. The van der Waals surface area contributed by atoms with Crippen molar-refractivity contribution in [3.63, 3.8) is 0 Å². The minimum absolute atomic E-state index is 0.365. The molecule has 1 aromatic rings. The molecule has 0 aliphatic carbocycles. The lowest BCUT2D eigenvalue weighted by atomic mass is 9.78. The van der Waals surface area contributed by atoms with Gasteiger partial charge in [-0.3, -0.25) is 0 Å². The number of hydrogen-bond donors (Lipinski definition) is 2. The molecule has 1 amide bonds. The highest BCUT2D eigenvalue weighted by Crippen LogP contribution is 2.39. The Morgan fingerprint density at radius 1 is 1.38 bits per heavy atom. The van der Waals surface area contributed by atoms with Crippen LogP contribution in [0.25, 0.3) is 0 Å². The van der Waals surface area contributed by atoms with Crippen LogP contribution >= 0.6 is 11.6 Å². The number of nitrogens with two attached hydrogens (primary N) is 1. The van der Waals surface area contributed by atoms with E-state index in [4.69, 9.17) is 22.1 Å². The van der Waals surface area contributed by atoms with E-state index in [0.717, 1.165) is 18.4 Å². The largest absolute Gasteiger partial charge is 0.444 e. The van der Waals surface area contributed by atoms with Crippen molar-refractivity contribution < 1.29 is 14.6 Å². The van der Waals surface area contributed by atoms with Gasteiger partial charge in [0.05, 0.1) is 6.04 Å². The molecule has 0 radical (unpaired) electrons. The molecule has 6 heteroatoms. The fraction of sp³-hybridized carbons (Fsp3) is 0.650. The normalized spacial score (nSPS) is 20.5. The summed E-state index contributed by atoms with van der Waals surface area (Å²) in [6, 6.07) is 6.88. The van der Waals surface area contributed by atoms with Crippen molar-refractivity contribution in [2.75, 3.05) is 13.1 Å². The van der Waals surface area contributed by atoms with Gasteiger partial charge in [0.25, 0.3) is 0 Å². The molecule has 1 aliphatic heterocycles. The third-order valence-corrected chi connectivity index (χ3v) is 5.00. The smallest absolute Gasteiger partial charge is 0.410 e. The molecule has 3 N–H and O–H groups in total. The Morgan fingerprint density at radius 2 is 2.12 bits per heavy atom. The number of benzene rings is 1. The van der Waals surface area contributed by atoms with Crippen molar-refractivity contribution >= 4 is 17.7 Å². The molecule has 2 rings (SSSR count). The van der Waals surface area contributed by atoms with E-state index in [0.29, 0.717) is 37.4 Å². The number of halogens is 1. The topological polar surface area (TPSA) is 75.8 Å².